The van der Waals surface area contributed by atoms with Crippen molar-refractivity contribution in [3.63, 3.8) is 0 Å². The van der Waals surface area contributed by atoms with E-state index in [0.29, 0.717) is 29.6 Å². The summed E-state index contributed by atoms with van der Waals surface area (Å²) in [6, 6.07) is 9.15. The van der Waals surface area contributed by atoms with Gasteiger partial charge < -0.3 is 20.7 Å². The first-order valence-corrected chi connectivity index (χ1v) is 13.0. The third-order valence-corrected chi connectivity index (χ3v) is 7.41. The zero-order chi connectivity index (χ0) is 27.8. The fourth-order valence-corrected chi connectivity index (χ4v) is 5.25. The van der Waals surface area contributed by atoms with Gasteiger partial charge in [0.25, 0.3) is 11.8 Å². The second-order valence-electron chi connectivity index (χ2n) is 9.77. The van der Waals surface area contributed by atoms with Gasteiger partial charge in [0.2, 0.25) is 0 Å². The molecule has 3 aromatic rings. The van der Waals surface area contributed by atoms with Crippen LogP contribution < -0.4 is 20.7 Å². The van der Waals surface area contributed by atoms with E-state index in [0.717, 1.165) is 47.1 Å². The van der Waals surface area contributed by atoms with E-state index in [9.17, 15) is 14.4 Å². The lowest BCUT2D eigenvalue weighted by Gasteiger charge is -2.20. The van der Waals surface area contributed by atoms with Crippen molar-refractivity contribution < 1.29 is 19.1 Å². The number of nitrogens with one attached hydrogen (secondary N) is 3. The molecule has 1 aliphatic carbocycles. The number of fused-ring (bicyclic) bond motifs is 4. The van der Waals surface area contributed by atoms with Gasteiger partial charge in [0, 0.05) is 12.1 Å². The van der Waals surface area contributed by atoms with Crippen LogP contribution in [0.1, 0.15) is 57.8 Å². The van der Waals surface area contributed by atoms with Crippen molar-refractivity contribution in [2.24, 2.45) is 4.99 Å². The van der Waals surface area contributed by atoms with E-state index in [1.807, 2.05) is 35.8 Å². The van der Waals surface area contributed by atoms with E-state index in [4.69, 9.17) is 4.74 Å². The van der Waals surface area contributed by atoms with Crippen LogP contribution in [-0.4, -0.2) is 38.6 Å². The summed E-state index contributed by atoms with van der Waals surface area (Å²) in [6.07, 6.45) is 7.15. The van der Waals surface area contributed by atoms with Crippen LogP contribution in [0.15, 0.2) is 65.3 Å². The molecule has 0 bridgehead atoms. The number of hydrogen-bond acceptors (Lipinski definition) is 8. The maximum atomic E-state index is 13.2. The van der Waals surface area contributed by atoms with Gasteiger partial charge >= 0.3 is 0 Å². The molecule has 2 amide bonds. The van der Waals surface area contributed by atoms with Crippen LogP contribution in [0.4, 0.5) is 0 Å². The Bertz CT molecular complexity index is 1650. The number of hydrogen-bond donors (Lipinski definition) is 3. The highest BCUT2D eigenvalue weighted by molar-refractivity contribution is 6.44. The Kier molecular flexibility index (Phi) is 6.47. The molecule has 0 fully saturated rings. The highest BCUT2D eigenvalue weighted by Gasteiger charge is 2.28. The number of rotatable bonds is 6. The van der Waals surface area contributed by atoms with Gasteiger partial charge in [0.1, 0.15) is 42.2 Å². The Labute approximate surface area is 230 Å². The molecular weight excluding hydrogens is 510 g/mol. The summed E-state index contributed by atoms with van der Waals surface area (Å²) in [6.45, 7) is 4.31. The van der Waals surface area contributed by atoms with E-state index in [-0.39, 0.29) is 35.8 Å². The van der Waals surface area contributed by atoms with Crippen LogP contribution in [-0.2, 0) is 29.2 Å². The van der Waals surface area contributed by atoms with Crippen molar-refractivity contribution in [1.29, 1.82) is 0 Å². The van der Waals surface area contributed by atoms with Crippen molar-refractivity contribution in [3.05, 3.63) is 94.0 Å². The quantitative estimate of drug-likeness (QED) is 0.411. The van der Waals surface area contributed by atoms with Crippen molar-refractivity contribution >= 4 is 23.8 Å². The fraction of sp³-hybridized carbons (Fsp3) is 0.241. The lowest BCUT2D eigenvalue weighted by atomic mass is 9.98. The number of aliphatic imine (C=N–C) groups is 1. The van der Waals surface area contributed by atoms with Crippen LogP contribution in [0, 0.1) is 6.92 Å². The van der Waals surface area contributed by atoms with Crippen LogP contribution >= 0.6 is 0 Å². The maximum absolute atomic E-state index is 13.2. The molecule has 2 aliphatic heterocycles. The minimum absolute atomic E-state index is 0.137. The van der Waals surface area contributed by atoms with Gasteiger partial charge in [-0.25, -0.2) is 4.99 Å². The third-order valence-electron chi connectivity index (χ3n) is 7.41. The molecule has 0 radical (unpaired) electrons. The van der Waals surface area contributed by atoms with Crippen LogP contribution in [0.25, 0.3) is 5.69 Å². The number of benzene rings is 2. The molecule has 1 aromatic heterocycles. The second-order valence-corrected chi connectivity index (χ2v) is 9.77. The largest absolute Gasteiger partial charge is 0.483 e. The van der Waals surface area contributed by atoms with Crippen LogP contribution in [0.3, 0.4) is 0 Å². The number of carbonyl (C=O) groups is 3. The van der Waals surface area contributed by atoms with Gasteiger partial charge in [-0.05, 0) is 73.2 Å². The van der Waals surface area contributed by atoms with Gasteiger partial charge in [-0.15, -0.1) is 10.2 Å². The van der Waals surface area contributed by atoms with Gasteiger partial charge in [0.05, 0.1) is 11.7 Å². The lowest BCUT2D eigenvalue weighted by molar-refractivity contribution is -0.118. The third kappa shape index (κ3) is 4.55. The molecule has 6 rings (SSSR count). The number of allylic oxidation sites excluding steroid dienone is 1. The molecule has 1 atom stereocenters. The van der Waals surface area contributed by atoms with E-state index in [1.54, 1.807) is 25.4 Å². The molecule has 202 valence electrons. The summed E-state index contributed by atoms with van der Waals surface area (Å²) < 4.78 is 7.59. The molecule has 1 unspecified atom stereocenters. The standard InChI is InChI=1S/C29H27N7O4/c1-3-26-32-22(28(38)30-12-17-4-9-25-24(10-17)36-15-31-35-27(36)14-40-25)11-23(33-26)29(39)34-21-8-7-19-16(2)18(13-37)5-6-20(19)21/h3-6,9-11,13,15,21,32H,7-8,12,14H2,1-2H3,(H,30,38)(H,34,39)/b26-3-. The monoisotopic (exact) mass is 537 g/mol. The Hall–Kier alpha value is -5.06. The maximum Gasteiger partial charge on any atom is 0.270 e. The second kappa shape index (κ2) is 10.3. The highest BCUT2D eigenvalue weighted by Crippen LogP contribution is 2.34. The lowest BCUT2D eigenvalue weighted by Crippen LogP contribution is -2.38. The summed E-state index contributed by atoms with van der Waals surface area (Å²) in [7, 11) is 0. The van der Waals surface area contributed by atoms with E-state index in [1.165, 1.54) is 6.08 Å². The Morgan fingerprint density at radius 2 is 2.10 bits per heavy atom. The molecule has 0 saturated carbocycles. The normalized spacial score (nSPS) is 17.9. The van der Waals surface area contributed by atoms with Crippen molar-refractivity contribution in [1.82, 2.24) is 30.7 Å². The predicted octanol–water partition coefficient (Wildman–Crippen LogP) is 2.49. The molecular formula is C29H27N7O4. The number of ether oxygens (including phenoxy) is 1. The minimum atomic E-state index is -0.374. The molecule has 2 aromatic carbocycles. The summed E-state index contributed by atoms with van der Waals surface area (Å²) in [5, 5.41) is 16.9. The smallest absolute Gasteiger partial charge is 0.270 e. The number of nitrogens with zero attached hydrogens (tertiary/aromatic N) is 4. The van der Waals surface area contributed by atoms with Crippen LogP contribution in [0.2, 0.25) is 0 Å². The zero-order valence-corrected chi connectivity index (χ0v) is 22.0. The first-order valence-electron chi connectivity index (χ1n) is 13.0. The topological polar surface area (TPSA) is 140 Å². The van der Waals surface area contributed by atoms with Gasteiger partial charge in [-0.2, -0.15) is 0 Å². The van der Waals surface area contributed by atoms with E-state index in [2.05, 4.69) is 31.1 Å². The Morgan fingerprint density at radius 1 is 1.23 bits per heavy atom. The molecule has 11 heteroatoms. The first kappa shape index (κ1) is 25.2. The van der Waals surface area contributed by atoms with Crippen LogP contribution in [0.5, 0.6) is 5.75 Å². The molecule has 3 heterocycles. The average molecular weight is 538 g/mol. The molecule has 11 nitrogen and oxygen atoms in total. The SMILES string of the molecule is C/C=C1\N=C(C(=O)NC2CCc3c2ccc(C=O)c3C)C=C(C(=O)NCc2ccc3c(c2)-n2cnnc2CO3)N1. The van der Waals surface area contributed by atoms with Gasteiger partial charge in [-0.3, -0.25) is 19.0 Å². The molecule has 40 heavy (non-hydrogen) atoms. The van der Waals surface area contributed by atoms with Crippen molar-refractivity contribution in [3.8, 4) is 11.4 Å². The Balaban J connectivity index is 1.15. The van der Waals surface area contributed by atoms with E-state index < -0.39 is 0 Å². The van der Waals surface area contributed by atoms with Crippen molar-refractivity contribution in [2.45, 2.75) is 45.9 Å². The minimum Gasteiger partial charge on any atom is -0.483 e. The van der Waals surface area contributed by atoms with E-state index >= 15 is 0 Å². The highest BCUT2D eigenvalue weighted by atomic mass is 16.5. The summed E-state index contributed by atoms with van der Waals surface area (Å²) in [4.78, 5) is 42.1. The predicted molar refractivity (Wildman–Crippen MR) is 146 cm³/mol. The van der Waals surface area contributed by atoms with Gasteiger partial charge in [0.15, 0.2) is 5.82 Å². The number of aldehydes is 1. The number of carbonyl (C=O) groups excluding carboxylic acids is 3. The fourth-order valence-electron chi connectivity index (χ4n) is 5.25. The molecule has 3 N–H and O–H groups in total. The first-order chi connectivity index (χ1) is 19.4. The molecule has 0 saturated heterocycles. The molecule has 0 spiro atoms. The summed E-state index contributed by atoms with van der Waals surface area (Å²) >= 11 is 0. The average Bonchev–Trinajstić information content (AvgIpc) is 3.63. The summed E-state index contributed by atoms with van der Waals surface area (Å²) in [5.41, 5.74) is 5.74. The Morgan fingerprint density at radius 3 is 2.92 bits per heavy atom. The zero-order valence-electron chi connectivity index (χ0n) is 22.0. The molecule has 3 aliphatic rings. The summed E-state index contributed by atoms with van der Waals surface area (Å²) in [5.74, 6) is 1.08. The van der Waals surface area contributed by atoms with Gasteiger partial charge in [-0.1, -0.05) is 18.2 Å². The number of amides is 2. The van der Waals surface area contributed by atoms with Crippen molar-refractivity contribution in [2.75, 3.05) is 0 Å². The number of aromatic nitrogens is 3.